The summed E-state index contributed by atoms with van der Waals surface area (Å²) in [5, 5.41) is 0. The largest absolute Gasteiger partial charge is 0.294 e. The van der Waals surface area contributed by atoms with Crippen LogP contribution in [-0.2, 0) is 4.79 Å². The summed E-state index contributed by atoms with van der Waals surface area (Å²) < 4.78 is 0. The molecular weight excluding hydrogens is 184 g/mol. The molecule has 3 fully saturated rings. The SMILES string of the molecule is O=C(C1=CCCC1)C1C2C3CCC(C3)C12. The molecule has 4 aliphatic rings. The highest BCUT2D eigenvalue weighted by Crippen LogP contribution is 2.70. The quantitative estimate of drug-likeness (QED) is 0.673. The number of rotatable bonds is 2. The zero-order valence-corrected chi connectivity index (χ0v) is 9.11. The van der Waals surface area contributed by atoms with Crippen molar-refractivity contribution in [2.24, 2.45) is 29.6 Å². The average molecular weight is 202 g/mol. The summed E-state index contributed by atoms with van der Waals surface area (Å²) >= 11 is 0. The van der Waals surface area contributed by atoms with E-state index in [1.165, 1.54) is 31.3 Å². The molecule has 0 spiro atoms. The van der Waals surface area contributed by atoms with Crippen molar-refractivity contribution in [3.05, 3.63) is 11.6 Å². The fraction of sp³-hybridized carbons (Fsp3) is 0.786. The monoisotopic (exact) mass is 202 g/mol. The molecule has 0 radical (unpaired) electrons. The molecule has 3 saturated carbocycles. The van der Waals surface area contributed by atoms with E-state index in [2.05, 4.69) is 6.08 Å². The summed E-state index contributed by atoms with van der Waals surface area (Å²) in [7, 11) is 0. The first-order valence-electron chi connectivity index (χ1n) is 6.59. The van der Waals surface area contributed by atoms with E-state index in [0.29, 0.717) is 11.7 Å². The molecule has 4 atom stereocenters. The van der Waals surface area contributed by atoms with Crippen LogP contribution in [0.3, 0.4) is 0 Å². The molecule has 0 aromatic heterocycles. The molecule has 15 heavy (non-hydrogen) atoms. The number of ketones is 1. The maximum atomic E-state index is 12.3. The van der Waals surface area contributed by atoms with E-state index in [1.807, 2.05) is 0 Å². The van der Waals surface area contributed by atoms with Crippen molar-refractivity contribution >= 4 is 5.78 Å². The smallest absolute Gasteiger partial charge is 0.162 e. The standard InChI is InChI=1S/C14H18O/c15-14(8-3-1-2-4-8)13-11-9-5-6-10(7-9)12(11)13/h3,9-13H,1-2,4-7H2. The van der Waals surface area contributed by atoms with Gasteiger partial charge in [-0.1, -0.05) is 6.08 Å². The second-order valence-corrected chi connectivity index (χ2v) is 6.00. The third-order valence-electron chi connectivity index (χ3n) is 5.40. The van der Waals surface area contributed by atoms with Gasteiger partial charge in [-0.3, -0.25) is 4.79 Å². The van der Waals surface area contributed by atoms with Crippen molar-refractivity contribution in [1.82, 2.24) is 0 Å². The van der Waals surface area contributed by atoms with Gasteiger partial charge in [-0.05, 0) is 67.8 Å². The fourth-order valence-corrected chi connectivity index (χ4v) is 4.78. The lowest BCUT2D eigenvalue weighted by molar-refractivity contribution is -0.117. The van der Waals surface area contributed by atoms with Crippen molar-refractivity contribution in [2.45, 2.75) is 38.5 Å². The predicted molar refractivity (Wildman–Crippen MR) is 58.2 cm³/mol. The Morgan fingerprint density at radius 3 is 2.53 bits per heavy atom. The van der Waals surface area contributed by atoms with Crippen LogP contribution in [0.2, 0.25) is 0 Å². The number of carbonyl (C=O) groups is 1. The van der Waals surface area contributed by atoms with Crippen LogP contribution in [0.5, 0.6) is 0 Å². The van der Waals surface area contributed by atoms with Crippen molar-refractivity contribution in [3.63, 3.8) is 0 Å². The summed E-state index contributed by atoms with van der Waals surface area (Å²) in [4.78, 5) is 12.3. The Morgan fingerprint density at radius 2 is 1.93 bits per heavy atom. The molecule has 1 heteroatoms. The summed E-state index contributed by atoms with van der Waals surface area (Å²) in [5.74, 6) is 4.59. The molecule has 1 nitrogen and oxygen atoms in total. The normalized spacial score (nSPS) is 50.4. The van der Waals surface area contributed by atoms with E-state index in [9.17, 15) is 4.79 Å². The average Bonchev–Trinajstić information content (AvgIpc) is 2.70. The Labute approximate surface area is 90.9 Å². The molecule has 0 N–H and O–H groups in total. The maximum absolute atomic E-state index is 12.3. The van der Waals surface area contributed by atoms with E-state index < -0.39 is 0 Å². The number of hydrogen-bond acceptors (Lipinski definition) is 1. The predicted octanol–water partition coefficient (Wildman–Crippen LogP) is 2.96. The zero-order valence-electron chi connectivity index (χ0n) is 9.11. The minimum absolute atomic E-state index is 0.487. The molecule has 4 rings (SSSR count). The molecule has 2 bridgehead atoms. The lowest BCUT2D eigenvalue weighted by Crippen LogP contribution is -2.11. The molecular formula is C14H18O. The Balaban J connectivity index is 1.55. The van der Waals surface area contributed by atoms with Crippen LogP contribution in [0.15, 0.2) is 11.6 Å². The summed E-state index contributed by atoms with van der Waals surface area (Å²) in [6, 6.07) is 0. The highest BCUT2D eigenvalue weighted by Gasteiger charge is 2.67. The summed E-state index contributed by atoms with van der Waals surface area (Å²) in [6.45, 7) is 0. The third-order valence-corrected chi connectivity index (χ3v) is 5.40. The number of allylic oxidation sites excluding steroid dienone is 2. The van der Waals surface area contributed by atoms with Crippen LogP contribution in [-0.4, -0.2) is 5.78 Å². The first kappa shape index (κ1) is 8.55. The molecule has 0 aliphatic heterocycles. The molecule has 0 amide bonds. The van der Waals surface area contributed by atoms with Gasteiger partial charge in [0.15, 0.2) is 5.78 Å². The van der Waals surface area contributed by atoms with Gasteiger partial charge in [0, 0.05) is 5.92 Å². The van der Waals surface area contributed by atoms with E-state index in [1.54, 1.807) is 0 Å². The van der Waals surface area contributed by atoms with Crippen LogP contribution >= 0.6 is 0 Å². The minimum atomic E-state index is 0.487. The van der Waals surface area contributed by atoms with E-state index in [4.69, 9.17) is 0 Å². The molecule has 80 valence electrons. The molecule has 4 unspecified atom stereocenters. The van der Waals surface area contributed by atoms with Gasteiger partial charge in [0.2, 0.25) is 0 Å². The third kappa shape index (κ3) is 1.02. The first-order valence-corrected chi connectivity index (χ1v) is 6.59. The fourth-order valence-electron chi connectivity index (χ4n) is 4.78. The van der Waals surface area contributed by atoms with Crippen LogP contribution in [0.4, 0.5) is 0 Å². The van der Waals surface area contributed by atoms with Crippen molar-refractivity contribution < 1.29 is 4.79 Å². The number of fused-ring (bicyclic) bond motifs is 5. The minimum Gasteiger partial charge on any atom is -0.294 e. The highest BCUT2D eigenvalue weighted by molar-refractivity contribution is 6.00. The number of hydrogen-bond donors (Lipinski definition) is 0. The summed E-state index contributed by atoms with van der Waals surface area (Å²) in [6.07, 6.45) is 9.95. The summed E-state index contributed by atoms with van der Waals surface area (Å²) in [5.41, 5.74) is 1.19. The van der Waals surface area contributed by atoms with Gasteiger partial charge in [0.25, 0.3) is 0 Å². The molecule has 0 saturated heterocycles. The van der Waals surface area contributed by atoms with E-state index in [0.717, 1.165) is 36.5 Å². The van der Waals surface area contributed by atoms with Gasteiger partial charge in [-0.15, -0.1) is 0 Å². The van der Waals surface area contributed by atoms with Crippen LogP contribution in [0.25, 0.3) is 0 Å². The highest BCUT2D eigenvalue weighted by atomic mass is 16.1. The maximum Gasteiger partial charge on any atom is 0.162 e. The van der Waals surface area contributed by atoms with Gasteiger partial charge >= 0.3 is 0 Å². The number of carbonyl (C=O) groups excluding carboxylic acids is 1. The molecule has 0 aromatic rings. The molecule has 4 aliphatic carbocycles. The van der Waals surface area contributed by atoms with Gasteiger partial charge < -0.3 is 0 Å². The zero-order chi connectivity index (χ0) is 9.99. The van der Waals surface area contributed by atoms with E-state index >= 15 is 0 Å². The second-order valence-electron chi connectivity index (χ2n) is 6.00. The molecule has 0 heterocycles. The van der Waals surface area contributed by atoms with Gasteiger partial charge in [-0.2, -0.15) is 0 Å². The van der Waals surface area contributed by atoms with Crippen molar-refractivity contribution in [2.75, 3.05) is 0 Å². The van der Waals surface area contributed by atoms with Crippen LogP contribution in [0.1, 0.15) is 38.5 Å². The first-order chi connectivity index (χ1) is 7.36. The van der Waals surface area contributed by atoms with Crippen LogP contribution < -0.4 is 0 Å². The second kappa shape index (κ2) is 2.75. The Bertz CT molecular complexity index is 338. The Hall–Kier alpha value is -0.590. The lowest BCUT2D eigenvalue weighted by Gasteiger charge is -2.07. The topological polar surface area (TPSA) is 17.1 Å². The van der Waals surface area contributed by atoms with Crippen LogP contribution in [0, 0.1) is 29.6 Å². The lowest BCUT2D eigenvalue weighted by atomic mass is 9.96. The van der Waals surface area contributed by atoms with Gasteiger partial charge in [-0.25, -0.2) is 0 Å². The molecule has 0 aromatic carbocycles. The Kier molecular flexibility index (Phi) is 1.57. The van der Waals surface area contributed by atoms with Gasteiger partial charge in [0.1, 0.15) is 0 Å². The number of Topliss-reactive ketones (excluding diaryl/α,β-unsaturated/α-hetero) is 1. The van der Waals surface area contributed by atoms with Crippen molar-refractivity contribution in [1.29, 1.82) is 0 Å². The Morgan fingerprint density at radius 1 is 1.20 bits per heavy atom. The van der Waals surface area contributed by atoms with Crippen molar-refractivity contribution in [3.8, 4) is 0 Å². The van der Waals surface area contributed by atoms with Gasteiger partial charge in [0.05, 0.1) is 0 Å². The van der Waals surface area contributed by atoms with E-state index in [-0.39, 0.29) is 0 Å².